The fraction of sp³-hybridized carbons (Fsp3) is 0.643. The normalized spacial score (nSPS) is 17.9. The second-order valence-corrected chi connectivity index (χ2v) is 5.67. The highest BCUT2D eigenvalue weighted by Gasteiger charge is 2.38. The number of carbonyl (C=O) groups excluding carboxylic acids is 2. The van der Waals surface area contributed by atoms with Crippen molar-refractivity contribution in [2.24, 2.45) is 7.05 Å². The summed E-state index contributed by atoms with van der Waals surface area (Å²) in [5.74, 6) is 0.314. The van der Waals surface area contributed by atoms with Gasteiger partial charge in [0.1, 0.15) is 11.9 Å². The lowest BCUT2D eigenvalue weighted by atomic mass is 10.2. The van der Waals surface area contributed by atoms with Gasteiger partial charge in [-0.1, -0.05) is 0 Å². The van der Waals surface area contributed by atoms with Gasteiger partial charge in [0.15, 0.2) is 6.61 Å². The SMILES string of the molecule is CN(Cc1nccn1C)C(=O)[C@@H]1CCCN1C(=O)OCC(F)(F)F. The van der Waals surface area contributed by atoms with Crippen molar-refractivity contribution in [1.82, 2.24) is 19.4 Å². The van der Waals surface area contributed by atoms with E-state index >= 15 is 0 Å². The minimum Gasteiger partial charge on any atom is -0.440 e. The Balaban J connectivity index is 1.97. The van der Waals surface area contributed by atoms with Gasteiger partial charge in [-0.2, -0.15) is 13.2 Å². The van der Waals surface area contributed by atoms with Gasteiger partial charge in [0, 0.05) is 33.0 Å². The zero-order valence-corrected chi connectivity index (χ0v) is 13.4. The van der Waals surface area contributed by atoms with E-state index in [0.29, 0.717) is 18.7 Å². The number of aryl methyl sites for hydroxylation is 1. The number of imidazole rings is 1. The zero-order valence-electron chi connectivity index (χ0n) is 13.4. The molecule has 0 radical (unpaired) electrons. The standard InChI is InChI=1S/C14H19F3N4O3/c1-19-7-5-18-11(19)8-20(2)12(22)10-4-3-6-21(10)13(23)24-9-14(15,16)17/h5,7,10H,3-4,6,8-9H2,1-2H3/t10-/m0/s1. The molecule has 0 aromatic carbocycles. The molecule has 1 aliphatic rings. The van der Waals surface area contributed by atoms with Crippen LogP contribution < -0.4 is 0 Å². The Morgan fingerprint density at radius 3 is 2.75 bits per heavy atom. The average Bonchev–Trinajstić information content (AvgIpc) is 3.13. The maximum Gasteiger partial charge on any atom is 0.422 e. The molecule has 10 heteroatoms. The van der Waals surface area contributed by atoms with Crippen LogP contribution in [0.15, 0.2) is 12.4 Å². The quantitative estimate of drug-likeness (QED) is 0.828. The summed E-state index contributed by atoms with van der Waals surface area (Å²) in [5.41, 5.74) is 0. The highest BCUT2D eigenvalue weighted by atomic mass is 19.4. The lowest BCUT2D eigenvalue weighted by Gasteiger charge is -2.27. The molecule has 1 aromatic heterocycles. The molecule has 0 bridgehead atoms. The predicted octanol–water partition coefficient (Wildman–Crippen LogP) is 1.54. The first kappa shape index (κ1) is 18.1. The minimum absolute atomic E-state index is 0.198. The number of hydrogen-bond acceptors (Lipinski definition) is 4. The molecule has 2 heterocycles. The van der Waals surface area contributed by atoms with Gasteiger partial charge in [0.2, 0.25) is 5.91 Å². The summed E-state index contributed by atoms with van der Waals surface area (Å²) in [5, 5.41) is 0. The molecule has 0 aliphatic carbocycles. The van der Waals surface area contributed by atoms with Crippen LogP contribution in [0.1, 0.15) is 18.7 Å². The molecule has 1 fully saturated rings. The number of halogens is 3. The van der Waals surface area contributed by atoms with E-state index in [1.54, 1.807) is 31.1 Å². The Bertz CT molecular complexity index is 602. The van der Waals surface area contributed by atoms with Crippen LogP contribution in [0, 0.1) is 0 Å². The topological polar surface area (TPSA) is 67.7 Å². The lowest BCUT2D eigenvalue weighted by Crippen LogP contribution is -2.47. The maximum absolute atomic E-state index is 12.5. The fourth-order valence-electron chi connectivity index (χ4n) is 2.56. The third-order valence-electron chi connectivity index (χ3n) is 3.81. The van der Waals surface area contributed by atoms with E-state index in [4.69, 9.17) is 0 Å². The largest absolute Gasteiger partial charge is 0.440 e. The van der Waals surface area contributed by atoms with Gasteiger partial charge in [0.05, 0.1) is 6.54 Å². The Morgan fingerprint density at radius 2 is 2.17 bits per heavy atom. The number of ether oxygens (including phenoxy) is 1. The molecule has 134 valence electrons. The molecule has 2 rings (SSSR count). The van der Waals surface area contributed by atoms with Gasteiger partial charge >= 0.3 is 12.3 Å². The van der Waals surface area contributed by atoms with E-state index in [9.17, 15) is 22.8 Å². The highest BCUT2D eigenvalue weighted by molar-refractivity contribution is 5.86. The number of hydrogen-bond donors (Lipinski definition) is 0. The molecule has 1 atom stereocenters. The Kier molecular flexibility index (Phi) is 5.35. The zero-order chi connectivity index (χ0) is 17.9. The van der Waals surface area contributed by atoms with Crippen molar-refractivity contribution < 1.29 is 27.5 Å². The summed E-state index contributed by atoms with van der Waals surface area (Å²) >= 11 is 0. The number of rotatable bonds is 4. The van der Waals surface area contributed by atoms with Gasteiger partial charge in [-0.15, -0.1) is 0 Å². The van der Waals surface area contributed by atoms with E-state index in [2.05, 4.69) is 9.72 Å². The van der Waals surface area contributed by atoms with Crippen molar-refractivity contribution in [1.29, 1.82) is 0 Å². The predicted molar refractivity (Wildman–Crippen MR) is 76.8 cm³/mol. The number of carbonyl (C=O) groups is 2. The first-order chi connectivity index (χ1) is 11.2. The molecule has 2 amide bonds. The van der Waals surface area contributed by atoms with Crippen molar-refractivity contribution >= 4 is 12.0 Å². The molecule has 1 saturated heterocycles. The van der Waals surface area contributed by atoms with E-state index in [1.807, 2.05) is 0 Å². The summed E-state index contributed by atoms with van der Waals surface area (Å²) < 4.78 is 42.5. The number of amides is 2. The fourth-order valence-corrected chi connectivity index (χ4v) is 2.56. The third kappa shape index (κ3) is 4.39. The average molecular weight is 348 g/mol. The number of nitrogens with zero attached hydrogens (tertiary/aromatic N) is 4. The molecule has 7 nitrogen and oxygen atoms in total. The van der Waals surface area contributed by atoms with Crippen LogP contribution in [0.5, 0.6) is 0 Å². The van der Waals surface area contributed by atoms with Crippen molar-refractivity contribution in [2.75, 3.05) is 20.2 Å². The van der Waals surface area contributed by atoms with Crippen LogP contribution in [-0.4, -0.2) is 63.8 Å². The van der Waals surface area contributed by atoms with Crippen molar-refractivity contribution in [3.8, 4) is 0 Å². The summed E-state index contributed by atoms with van der Waals surface area (Å²) in [4.78, 5) is 30.9. The summed E-state index contributed by atoms with van der Waals surface area (Å²) in [7, 11) is 3.35. The van der Waals surface area contributed by atoms with Crippen LogP contribution in [-0.2, 0) is 23.1 Å². The molecule has 0 spiro atoms. The molecule has 0 N–H and O–H groups in total. The molecule has 24 heavy (non-hydrogen) atoms. The van der Waals surface area contributed by atoms with Crippen LogP contribution >= 0.6 is 0 Å². The van der Waals surface area contributed by atoms with E-state index in [-0.39, 0.29) is 19.0 Å². The molecular formula is C14H19F3N4O3. The van der Waals surface area contributed by atoms with Gasteiger partial charge < -0.3 is 14.2 Å². The highest BCUT2D eigenvalue weighted by Crippen LogP contribution is 2.22. The second kappa shape index (κ2) is 7.10. The molecular weight excluding hydrogens is 329 g/mol. The van der Waals surface area contributed by atoms with Gasteiger partial charge in [0.25, 0.3) is 0 Å². The van der Waals surface area contributed by atoms with Crippen LogP contribution in [0.3, 0.4) is 0 Å². The summed E-state index contributed by atoms with van der Waals surface area (Å²) in [6.07, 6.45) is -1.44. The number of aromatic nitrogens is 2. The van der Waals surface area contributed by atoms with Gasteiger partial charge in [-0.05, 0) is 12.8 Å². The van der Waals surface area contributed by atoms with E-state index in [1.165, 1.54) is 4.90 Å². The Hall–Kier alpha value is -2.26. The smallest absolute Gasteiger partial charge is 0.422 e. The van der Waals surface area contributed by atoms with Crippen molar-refractivity contribution in [3.05, 3.63) is 18.2 Å². The molecule has 1 aliphatic heterocycles. The summed E-state index contributed by atoms with van der Waals surface area (Å²) in [6, 6.07) is -0.809. The third-order valence-corrected chi connectivity index (χ3v) is 3.81. The van der Waals surface area contributed by atoms with E-state index in [0.717, 1.165) is 4.90 Å². The van der Waals surface area contributed by atoms with Crippen LogP contribution in [0.2, 0.25) is 0 Å². The monoisotopic (exact) mass is 348 g/mol. The molecule has 0 unspecified atom stereocenters. The van der Waals surface area contributed by atoms with Crippen LogP contribution in [0.4, 0.5) is 18.0 Å². The number of likely N-dealkylation sites (tertiary alicyclic amines) is 1. The second-order valence-electron chi connectivity index (χ2n) is 5.67. The Labute approximate surface area is 137 Å². The van der Waals surface area contributed by atoms with Gasteiger partial charge in [-0.25, -0.2) is 9.78 Å². The van der Waals surface area contributed by atoms with Crippen molar-refractivity contribution in [3.63, 3.8) is 0 Å². The van der Waals surface area contributed by atoms with Gasteiger partial charge in [-0.3, -0.25) is 9.69 Å². The number of likely N-dealkylation sites (N-methyl/N-ethyl adjacent to an activating group) is 1. The number of alkyl halides is 3. The first-order valence-electron chi connectivity index (χ1n) is 7.40. The summed E-state index contributed by atoms with van der Waals surface area (Å²) in [6.45, 7) is -1.22. The maximum atomic E-state index is 12.5. The first-order valence-corrected chi connectivity index (χ1v) is 7.40. The molecule has 0 saturated carbocycles. The van der Waals surface area contributed by atoms with Crippen LogP contribution in [0.25, 0.3) is 0 Å². The Morgan fingerprint density at radius 1 is 1.46 bits per heavy atom. The van der Waals surface area contributed by atoms with E-state index < -0.39 is 24.9 Å². The van der Waals surface area contributed by atoms with Crippen molar-refractivity contribution in [2.45, 2.75) is 31.6 Å². The minimum atomic E-state index is -4.59. The molecule has 1 aromatic rings. The lowest BCUT2D eigenvalue weighted by molar-refractivity contribution is -0.163.